The summed E-state index contributed by atoms with van der Waals surface area (Å²) in [6, 6.07) is 2.18. The largest absolute Gasteiger partial charge is 0.316 e. The van der Waals surface area contributed by atoms with Gasteiger partial charge in [-0.25, -0.2) is 0 Å². The molecular formula is C12H24N2OS. The van der Waals surface area contributed by atoms with E-state index in [0.29, 0.717) is 6.42 Å². The third kappa shape index (κ3) is 7.84. The van der Waals surface area contributed by atoms with Crippen molar-refractivity contribution in [3.63, 3.8) is 0 Å². The SMILES string of the molecule is CC(CCNCC(C)(C)CCC#N)S(C)=O. The Kier molecular flexibility index (Phi) is 7.61. The molecule has 0 spiro atoms. The van der Waals surface area contributed by atoms with Gasteiger partial charge in [0.15, 0.2) is 0 Å². The van der Waals surface area contributed by atoms with E-state index in [1.54, 1.807) is 6.26 Å². The molecule has 2 unspecified atom stereocenters. The van der Waals surface area contributed by atoms with E-state index in [1.807, 2.05) is 6.92 Å². The Bertz CT molecular complexity index is 258. The first-order valence-electron chi connectivity index (χ1n) is 5.79. The Balaban J connectivity index is 3.65. The van der Waals surface area contributed by atoms with Gasteiger partial charge in [-0.3, -0.25) is 4.21 Å². The van der Waals surface area contributed by atoms with Gasteiger partial charge in [0.05, 0.1) is 6.07 Å². The summed E-state index contributed by atoms with van der Waals surface area (Å²) < 4.78 is 11.1. The molecule has 0 fully saturated rings. The minimum absolute atomic E-state index is 0.171. The number of nitriles is 1. The van der Waals surface area contributed by atoms with E-state index in [0.717, 1.165) is 25.9 Å². The van der Waals surface area contributed by atoms with Crippen LogP contribution < -0.4 is 5.32 Å². The summed E-state index contributed by atoms with van der Waals surface area (Å²) in [5.41, 5.74) is 0.171. The van der Waals surface area contributed by atoms with E-state index in [9.17, 15) is 4.21 Å². The number of rotatable bonds is 8. The Morgan fingerprint density at radius 1 is 1.50 bits per heavy atom. The van der Waals surface area contributed by atoms with Gasteiger partial charge in [-0.15, -0.1) is 0 Å². The normalized spacial score (nSPS) is 15.4. The van der Waals surface area contributed by atoms with Crippen LogP contribution in [0.2, 0.25) is 0 Å². The van der Waals surface area contributed by atoms with Crippen LogP contribution in [0.15, 0.2) is 0 Å². The predicted octanol–water partition coefficient (Wildman–Crippen LogP) is 2.06. The molecule has 94 valence electrons. The van der Waals surface area contributed by atoms with Gasteiger partial charge in [0.2, 0.25) is 0 Å². The number of nitrogens with one attached hydrogen (secondary N) is 1. The first-order valence-corrected chi connectivity index (χ1v) is 7.41. The standard InChI is InChI=1S/C12H24N2OS/c1-11(16(4)15)6-9-14-10-12(2,3)7-5-8-13/h11,14H,5-7,9-10H2,1-4H3. The summed E-state index contributed by atoms with van der Waals surface area (Å²) in [6.07, 6.45) is 4.23. The minimum Gasteiger partial charge on any atom is -0.316 e. The molecule has 0 aromatic carbocycles. The van der Waals surface area contributed by atoms with Crippen molar-refractivity contribution < 1.29 is 4.21 Å². The Hall–Kier alpha value is -0.400. The van der Waals surface area contributed by atoms with Crippen LogP contribution in [-0.4, -0.2) is 28.8 Å². The highest BCUT2D eigenvalue weighted by atomic mass is 32.2. The molecule has 0 rings (SSSR count). The lowest BCUT2D eigenvalue weighted by Gasteiger charge is -2.24. The summed E-state index contributed by atoms with van der Waals surface area (Å²) in [4.78, 5) is 0. The van der Waals surface area contributed by atoms with Gasteiger partial charge in [0.1, 0.15) is 0 Å². The van der Waals surface area contributed by atoms with E-state index in [4.69, 9.17) is 5.26 Å². The van der Waals surface area contributed by atoms with Crippen molar-refractivity contribution in [2.45, 2.75) is 45.3 Å². The molecule has 0 aliphatic heterocycles. The third-order valence-corrected chi connectivity index (χ3v) is 4.18. The van der Waals surface area contributed by atoms with Gasteiger partial charge in [0, 0.05) is 35.3 Å². The molecule has 16 heavy (non-hydrogen) atoms. The van der Waals surface area contributed by atoms with Crippen molar-refractivity contribution in [1.29, 1.82) is 5.26 Å². The number of hydrogen-bond donors (Lipinski definition) is 1. The Morgan fingerprint density at radius 2 is 2.12 bits per heavy atom. The van der Waals surface area contributed by atoms with Crippen molar-refractivity contribution in [1.82, 2.24) is 5.32 Å². The summed E-state index contributed by atoms with van der Waals surface area (Å²) >= 11 is 0. The van der Waals surface area contributed by atoms with E-state index in [2.05, 4.69) is 25.2 Å². The summed E-state index contributed by atoms with van der Waals surface area (Å²) in [5.74, 6) is 0. The van der Waals surface area contributed by atoms with E-state index in [1.165, 1.54) is 0 Å². The molecule has 0 radical (unpaired) electrons. The van der Waals surface area contributed by atoms with Crippen LogP contribution in [0.25, 0.3) is 0 Å². The van der Waals surface area contributed by atoms with Crippen LogP contribution in [0.4, 0.5) is 0 Å². The van der Waals surface area contributed by atoms with Crippen LogP contribution in [0.5, 0.6) is 0 Å². The second-order valence-electron chi connectivity index (χ2n) is 5.10. The van der Waals surface area contributed by atoms with Crippen LogP contribution in [0, 0.1) is 16.7 Å². The van der Waals surface area contributed by atoms with Gasteiger partial charge in [0.25, 0.3) is 0 Å². The van der Waals surface area contributed by atoms with Crippen molar-refractivity contribution in [2.24, 2.45) is 5.41 Å². The Morgan fingerprint density at radius 3 is 2.62 bits per heavy atom. The quantitative estimate of drug-likeness (QED) is 0.665. The zero-order valence-electron chi connectivity index (χ0n) is 10.9. The van der Waals surface area contributed by atoms with Gasteiger partial charge >= 0.3 is 0 Å². The fraction of sp³-hybridized carbons (Fsp3) is 0.917. The molecule has 3 nitrogen and oxygen atoms in total. The van der Waals surface area contributed by atoms with Gasteiger partial charge in [-0.2, -0.15) is 5.26 Å². The minimum atomic E-state index is -0.723. The number of hydrogen-bond acceptors (Lipinski definition) is 3. The molecule has 0 aliphatic carbocycles. The van der Waals surface area contributed by atoms with Crippen LogP contribution in [0.3, 0.4) is 0 Å². The summed E-state index contributed by atoms with van der Waals surface area (Å²) in [6.45, 7) is 8.16. The average Bonchev–Trinajstić information content (AvgIpc) is 2.21. The van der Waals surface area contributed by atoms with Gasteiger partial charge in [-0.1, -0.05) is 20.8 Å². The van der Waals surface area contributed by atoms with Gasteiger partial charge in [-0.05, 0) is 24.8 Å². The zero-order valence-corrected chi connectivity index (χ0v) is 11.7. The molecule has 0 bridgehead atoms. The molecular weight excluding hydrogens is 220 g/mol. The highest BCUT2D eigenvalue weighted by molar-refractivity contribution is 7.84. The molecule has 1 N–H and O–H groups in total. The van der Waals surface area contributed by atoms with Crippen molar-refractivity contribution in [2.75, 3.05) is 19.3 Å². The molecule has 0 heterocycles. The second-order valence-corrected chi connectivity index (χ2v) is 6.90. The maximum atomic E-state index is 11.1. The fourth-order valence-electron chi connectivity index (χ4n) is 1.38. The van der Waals surface area contributed by atoms with Crippen LogP contribution in [0.1, 0.15) is 40.0 Å². The molecule has 0 aliphatic rings. The zero-order chi connectivity index (χ0) is 12.6. The average molecular weight is 244 g/mol. The first kappa shape index (κ1) is 15.6. The third-order valence-electron chi connectivity index (χ3n) is 2.81. The lowest BCUT2D eigenvalue weighted by molar-refractivity contribution is 0.318. The van der Waals surface area contributed by atoms with Crippen LogP contribution >= 0.6 is 0 Å². The topological polar surface area (TPSA) is 52.9 Å². The van der Waals surface area contributed by atoms with Crippen molar-refractivity contribution in [3.8, 4) is 6.07 Å². The maximum Gasteiger partial charge on any atom is 0.0621 e. The fourth-order valence-corrected chi connectivity index (χ4v) is 1.83. The van der Waals surface area contributed by atoms with Crippen molar-refractivity contribution >= 4 is 10.8 Å². The predicted molar refractivity (Wildman–Crippen MR) is 69.6 cm³/mol. The van der Waals surface area contributed by atoms with E-state index >= 15 is 0 Å². The molecule has 0 saturated heterocycles. The summed E-state index contributed by atoms with van der Waals surface area (Å²) in [7, 11) is -0.723. The molecule has 0 saturated carbocycles. The summed E-state index contributed by atoms with van der Waals surface area (Å²) in [5, 5.41) is 12.2. The highest BCUT2D eigenvalue weighted by Gasteiger charge is 2.16. The first-order chi connectivity index (χ1) is 7.39. The van der Waals surface area contributed by atoms with Crippen LogP contribution in [-0.2, 0) is 10.8 Å². The van der Waals surface area contributed by atoms with E-state index < -0.39 is 10.8 Å². The Labute approximate surface area is 102 Å². The van der Waals surface area contributed by atoms with E-state index in [-0.39, 0.29) is 10.7 Å². The maximum absolute atomic E-state index is 11.1. The molecule has 2 atom stereocenters. The van der Waals surface area contributed by atoms with Crippen molar-refractivity contribution in [3.05, 3.63) is 0 Å². The highest BCUT2D eigenvalue weighted by Crippen LogP contribution is 2.20. The van der Waals surface area contributed by atoms with Gasteiger partial charge < -0.3 is 5.32 Å². The monoisotopic (exact) mass is 244 g/mol. The molecule has 0 aromatic rings. The smallest absolute Gasteiger partial charge is 0.0621 e. The number of nitrogens with zero attached hydrogens (tertiary/aromatic N) is 1. The molecule has 0 amide bonds. The lowest BCUT2D eigenvalue weighted by Crippen LogP contribution is -2.31. The lowest BCUT2D eigenvalue weighted by atomic mass is 9.88. The second kappa shape index (κ2) is 7.81. The molecule has 0 aromatic heterocycles. The molecule has 4 heteroatoms.